The molecule has 1 aliphatic heterocycles. The molecule has 1 aliphatic rings. The Kier molecular flexibility index (Phi) is 4.88. The highest BCUT2D eigenvalue weighted by molar-refractivity contribution is 5.99. The third-order valence-electron chi connectivity index (χ3n) is 4.82. The first-order valence-electron chi connectivity index (χ1n) is 8.82. The molecule has 4 heterocycles. The van der Waals surface area contributed by atoms with E-state index < -0.39 is 11.7 Å². The van der Waals surface area contributed by atoms with Crippen LogP contribution >= 0.6 is 0 Å². The van der Waals surface area contributed by atoms with E-state index in [9.17, 15) is 14.3 Å². The second kappa shape index (κ2) is 7.49. The minimum atomic E-state index is -0.447. The normalized spacial score (nSPS) is 16.7. The second-order valence-electron chi connectivity index (χ2n) is 6.45. The van der Waals surface area contributed by atoms with Gasteiger partial charge in [0.05, 0.1) is 37.8 Å². The smallest absolute Gasteiger partial charge is 0.280 e. The molecule has 0 radical (unpaired) electrons. The summed E-state index contributed by atoms with van der Waals surface area (Å²) < 4.78 is 15.3. The Labute approximate surface area is 159 Å². The number of aromatic nitrogens is 4. The van der Waals surface area contributed by atoms with E-state index in [1.54, 1.807) is 12.3 Å². The van der Waals surface area contributed by atoms with E-state index in [1.807, 2.05) is 4.90 Å². The minimum Gasteiger partial charge on any atom is -0.390 e. The average molecular weight is 386 g/mol. The van der Waals surface area contributed by atoms with Crippen molar-refractivity contribution in [2.75, 3.05) is 18.6 Å². The molecule has 1 fully saturated rings. The number of anilines is 1. The van der Waals surface area contributed by atoms with Crippen molar-refractivity contribution < 1.29 is 19.1 Å². The van der Waals surface area contributed by atoms with Crippen molar-refractivity contribution in [1.82, 2.24) is 25.1 Å². The maximum Gasteiger partial charge on any atom is 0.280 e. The fourth-order valence-corrected chi connectivity index (χ4v) is 3.60. The highest BCUT2D eigenvalue weighted by Gasteiger charge is 2.30. The maximum atomic E-state index is 13.8. The lowest BCUT2D eigenvalue weighted by atomic mass is 10.0. The van der Waals surface area contributed by atoms with E-state index in [4.69, 9.17) is 0 Å². The first-order valence-corrected chi connectivity index (χ1v) is 8.82. The molecule has 1 saturated heterocycles. The van der Waals surface area contributed by atoms with Crippen LogP contribution in [0.4, 0.5) is 10.2 Å². The molecular weight excluding hydrogens is 367 g/mol. The molecule has 0 bridgehead atoms. The number of hydrogen-bond acceptors (Lipinski definition) is 7. The number of hydrogen-bond donors (Lipinski definition) is 2. The van der Waals surface area contributed by atoms with Crippen LogP contribution in [0.15, 0.2) is 30.7 Å². The number of rotatable bonds is 5. The van der Waals surface area contributed by atoms with Gasteiger partial charge in [-0.2, -0.15) is 5.10 Å². The number of hydroxylamine groups is 1. The van der Waals surface area contributed by atoms with Crippen LogP contribution in [0.5, 0.6) is 0 Å². The van der Waals surface area contributed by atoms with Crippen LogP contribution < -0.4 is 10.4 Å². The number of carbonyl (C=O) groups excluding carboxylic acids is 1. The summed E-state index contributed by atoms with van der Waals surface area (Å²) in [6, 6.07) is 3.04. The molecule has 0 saturated carbocycles. The van der Waals surface area contributed by atoms with Crippen LogP contribution in [0.3, 0.4) is 0 Å². The monoisotopic (exact) mass is 386 g/mol. The number of fused-ring (bicyclic) bond motifs is 1. The van der Waals surface area contributed by atoms with Crippen LogP contribution in [0, 0.1) is 5.82 Å². The Hall–Kier alpha value is -3.11. The number of nitrogens with one attached hydrogen (secondary N) is 1. The van der Waals surface area contributed by atoms with Crippen molar-refractivity contribution in [1.29, 1.82) is 0 Å². The lowest BCUT2D eigenvalue weighted by Crippen LogP contribution is -2.25. The van der Waals surface area contributed by atoms with E-state index in [0.29, 0.717) is 29.3 Å². The van der Waals surface area contributed by atoms with Gasteiger partial charge in [0, 0.05) is 18.3 Å². The SMILES string of the molecule is CONC(=O)c1cnn2ccc(N3CCCC3c3cc(F)cnc3CO)nc12. The Bertz CT molecular complexity index is 1020. The zero-order valence-electron chi connectivity index (χ0n) is 15.2. The number of aliphatic hydroxyl groups is 1. The third-order valence-corrected chi connectivity index (χ3v) is 4.82. The van der Waals surface area contributed by atoms with Gasteiger partial charge in [-0.1, -0.05) is 0 Å². The van der Waals surface area contributed by atoms with Gasteiger partial charge < -0.3 is 10.0 Å². The number of aliphatic hydroxyl groups excluding tert-OH is 1. The summed E-state index contributed by atoms with van der Waals surface area (Å²) in [5.41, 5.74) is 4.02. The Morgan fingerprint density at radius 1 is 1.46 bits per heavy atom. The van der Waals surface area contributed by atoms with Crippen molar-refractivity contribution >= 4 is 17.4 Å². The van der Waals surface area contributed by atoms with Crippen molar-refractivity contribution in [3.63, 3.8) is 0 Å². The fourth-order valence-electron chi connectivity index (χ4n) is 3.60. The first-order chi connectivity index (χ1) is 13.6. The molecule has 28 heavy (non-hydrogen) atoms. The quantitative estimate of drug-likeness (QED) is 0.639. The van der Waals surface area contributed by atoms with E-state index in [-0.39, 0.29) is 18.2 Å². The predicted molar refractivity (Wildman–Crippen MR) is 96.9 cm³/mol. The van der Waals surface area contributed by atoms with Crippen molar-refractivity contribution in [2.45, 2.75) is 25.5 Å². The Morgan fingerprint density at radius 3 is 3.11 bits per heavy atom. The first kappa shape index (κ1) is 18.3. The maximum absolute atomic E-state index is 13.8. The van der Waals surface area contributed by atoms with Gasteiger partial charge in [-0.15, -0.1) is 0 Å². The van der Waals surface area contributed by atoms with Gasteiger partial charge in [-0.25, -0.2) is 19.4 Å². The summed E-state index contributed by atoms with van der Waals surface area (Å²) in [5.74, 6) is -0.260. The lowest BCUT2D eigenvalue weighted by molar-refractivity contribution is 0.0539. The number of halogens is 1. The van der Waals surface area contributed by atoms with Crippen molar-refractivity contribution in [2.24, 2.45) is 0 Å². The highest BCUT2D eigenvalue weighted by atomic mass is 19.1. The lowest BCUT2D eigenvalue weighted by Gasteiger charge is -2.27. The molecule has 3 aromatic rings. The van der Waals surface area contributed by atoms with E-state index in [1.165, 1.54) is 23.9 Å². The van der Waals surface area contributed by atoms with Gasteiger partial charge in [-0.05, 0) is 25.0 Å². The van der Waals surface area contributed by atoms with Crippen LogP contribution in [0.2, 0.25) is 0 Å². The Morgan fingerprint density at radius 2 is 2.32 bits per heavy atom. The molecule has 1 unspecified atom stereocenters. The molecule has 146 valence electrons. The molecule has 1 atom stereocenters. The van der Waals surface area contributed by atoms with Gasteiger partial charge in [-0.3, -0.25) is 14.6 Å². The number of pyridine rings is 1. The fraction of sp³-hybridized carbons (Fsp3) is 0.333. The topological polar surface area (TPSA) is 105 Å². The van der Waals surface area contributed by atoms with Crippen LogP contribution in [-0.2, 0) is 11.4 Å². The van der Waals surface area contributed by atoms with Crippen molar-refractivity contribution in [3.05, 3.63) is 53.4 Å². The largest absolute Gasteiger partial charge is 0.390 e. The highest BCUT2D eigenvalue weighted by Crippen LogP contribution is 2.36. The van der Waals surface area contributed by atoms with Crippen LogP contribution in [0.1, 0.15) is 40.5 Å². The summed E-state index contributed by atoms with van der Waals surface area (Å²) in [6.45, 7) is 0.444. The van der Waals surface area contributed by atoms with Gasteiger partial charge in [0.25, 0.3) is 5.91 Å². The van der Waals surface area contributed by atoms with E-state index in [0.717, 1.165) is 19.0 Å². The van der Waals surface area contributed by atoms with Gasteiger partial charge in [0.15, 0.2) is 5.65 Å². The van der Waals surface area contributed by atoms with Crippen molar-refractivity contribution in [3.8, 4) is 0 Å². The second-order valence-corrected chi connectivity index (χ2v) is 6.45. The molecule has 0 aromatic carbocycles. The van der Waals surface area contributed by atoms with E-state index in [2.05, 4.69) is 25.4 Å². The molecule has 0 aliphatic carbocycles. The van der Waals surface area contributed by atoms with Crippen LogP contribution in [-0.4, -0.2) is 44.3 Å². The molecule has 4 rings (SSSR count). The molecule has 2 N–H and O–H groups in total. The van der Waals surface area contributed by atoms with E-state index >= 15 is 0 Å². The molecule has 1 amide bonds. The van der Waals surface area contributed by atoms with Crippen LogP contribution in [0.25, 0.3) is 5.65 Å². The molecule has 9 nitrogen and oxygen atoms in total. The number of carbonyl (C=O) groups is 1. The molecular formula is C18H19FN6O3. The molecule has 10 heteroatoms. The number of amides is 1. The zero-order valence-corrected chi connectivity index (χ0v) is 15.2. The summed E-state index contributed by atoms with van der Waals surface area (Å²) >= 11 is 0. The Balaban J connectivity index is 1.74. The molecule has 0 spiro atoms. The number of nitrogens with zero attached hydrogens (tertiary/aromatic N) is 5. The summed E-state index contributed by atoms with van der Waals surface area (Å²) in [6.07, 6.45) is 5.90. The third kappa shape index (κ3) is 3.16. The minimum absolute atomic E-state index is 0.167. The van der Waals surface area contributed by atoms with Gasteiger partial charge in [0.1, 0.15) is 17.2 Å². The summed E-state index contributed by atoms with van der Waals surface area (Å²) in [4.78, 5) is 27.5. The molecule has 3 aromatic heterocycles. The standard InChI is InChI=1S/C18H19FN6O3/c1-28-23-18(27)13-9-21-25-6-4-16(22-17(13)25)24-5-2-3-15(24)12-7-11(19)8-20-14(12)10-26/h4,6-9,15,26H,2-3,5,10H2,1H3,(H,23,27). The van der Waals surface area contributed by atoms with Gasteiger partial charge >= 0.3 is 0 Å². The average Bonchev–Trinajstić information content (AvgIpc) is 3.34. The summed E-state index contributed by atoms with van der Waals surface area (Å²) in [5, 5.41) is 13.7. The predicted octanol–water partition coefficient (Wildman–Crippen LogP) is 1.39. The van der Waals surface area contributed by atoms with Gasteiger partial charge in [0.2, 0.25) is 0 Å². The summed E-state index contributed by atoms with van der Waals surface area (Å²) in [7, 11) is 1.35. The zero-order chi connectivity index (χ0) is 19.7.